The molecule has 2 atom stereocenters. The van der Waals surface area contributed by atoms with Crippen LogP contribution in [-0.4, -0.2) is 40.4 Å². The average molecular weight is 215 g/mol. The molecule has 1 N–H and O–H groups in total. The van der Waals surface area contributed by atoms with Crippen molar-refractivity contribution in [2.45, 2.75) is 58.2 Å². The lowest BCUT2D eigenvalue weighted by atomic mass is 10.2. The van der Waals surface area contributed by atoms with Gasteiger partial charge in [0.2, 0.25) is 0 Å². The van der Waals surface area contributed by atoms with Crippen molar-refractivity contribution in [1.82, 2.24) is 4.90 Å². The molecule has 1 aliphatic heterocycles. The van der Waals surface area contributed by atoms with E-state index in [-0.39, 0.29) is 24.8 Å². The molecule has 1 rings (SSSR count). The quantitative estimate of drug-likeness (QED) is 0.725. The van der Waals surface area contributed by atoms with Gasteiger partial charge in [-0.3, -0.25) is 0 Å². The zero-order valence-corrected chi connectivity index (χ0v) is 9.99. The van der Waals surface area contributed by atoms with Crippen LogP contribution in [0.2, 0.25) is 0 Å². The van der Waals surface area contributed by atoms with E-state index in [1.165, 1.54) is 0 Å². The number of likely N-dealkylation sites (tertiary alicyclic amines) is 1. The maximum atomic E-state index is 11.8. The van der Waals surface area contributed by atoms with Gasteiger partial charge in [-0.05, 0) is 40.5 Å². The zero-order chi connectivity index (χ0) is 11.6. The number of hydrogen-bond acceptors (Lipinski definition) is 3. The van der Waals surface area contributed by atoms with Gasteiger partial charge in [-0.15, -0.1) is 0 Å². The Kier molecular flexibility index (Phi) is 3.60. The largest absolute Gasteiger partial charge is 0.444 e. The van der Waals surface area contributed by atoms with E-state index in [0.29, 0.717) is 0 Å². The third kappa shape index (κ3) is 3.09. The standard InChI is InChI=1S/C11H21NO3/c1-8-5-6-9(7-13)12(8)10(14)15-11(2,3)4/h8-9,13H,5-7H2,1-4H3/t8?,9-/m1/s1. The summed E-state index contributed by atoms with van der Waals surface area (Å²) in [6, 6.07) is 0.0897. The van der Waals surface area contributed by atoms with E-state index in [9.17, 15) is 4.79 Å². The molecular weight excluding hydrogens is 194 g/mol. The molecule has 88 valence electrons. The molecule has 0 aromatic carbocycles. The summed E-state index contributed by atoms with van der Waals surface area (Å²) in [5, 5.41) is 9.15. The SMILES string of the molecule is CC1CC[C@H](CO)N1C(=O)OC(C)(C)C. The molecule has 0 saturated carbocycles. The molecule has 0 bridgehead atoms. The molecule has 0 radical (unpaired) electrons. The summed E-state index contributed by atoms with van der Waals surface area (Å²) < 4.78 is 5.30. The highest BCUT2D eigenvalue weighted by Gasteiger charge is 2.36. The van der Waals surface area contributed by atoms with Gasteiger partial charge in [0.1, 0.15) is 5.60 Å². The van der Waals surface area contributed by atoms with E-state index in [1.807, 2.05) is 27.7 Å². The highest BCUT2D eigenvalue weighted by Crippen LogP contribution is 2.25. The van der Waals surface area contributed by atoms with Crippen LogP contribution in [0.25, 0.3) is 0 Å². The molecule has 1 heterocycles. The Bertz CT molecular complexity index is 234. The molecule has 1 aliphatic rings. The van der Waals surface area contributed by atoms with Crippen molar-refractivity contribution >= 4 is 6.09 Å². The van der Waals surface area contributed by atoms with Gasteiger partial charge in [-0.1, -0.05) is 0 Å². The number of hydrogen-bond donors (Lipinski definition) is 1. The minimum absolute atomic E-state index is 0.0174. The van der Waals surface area contributed by atoms with Crippen LogP contribution in [0.3, 0.4) is 0 Å². The van der Waals surface area contributed by atoms with Gasteiger partial charge in [0, 0.05) is 6.04 Å². The first-order valence-electron chi connectivity index (χ1n) is 5.47. The van der Waals surface area contributed by atoms with Crippen LogP contribution < -0.4 is 0 Å². The fraction of sp³-hybridized carbons (Fsp3) is 0.909. The second-order valence-corrected chi connectivity index (χ2v) is 5.15. The lowest BCUT2D eigenvalue weighted by Gasteiger charge is -2.30. The van der Waals surface area contributed by atoms with Gasteiger partial charge in [-0.25, -0.2) is 4.79 Å². The molecule has 1 fully saturated rings. The van der Waals surface area contributed by atoms with Gasteiger partial charge in [0.15, 0.2) is 0 Å². The summed E-state index contributed by atoms with van der Waals surface area (Å²) in [5.74, 6) is 0. The van der Waals surface area contributed by atoms with E-state index >= 15 is 0 Å². The normalized spacial score (nSPS) is 26.9. The molecule has 0 aliphatic carbocycles. The van der Waals surface area contributed by atoms with Crippen LogP contribution in [0, 0.1) is 0 Å². The monoisotopic (exact) mass is 215 g/mol. The van der Waals surface area contributed by atoms with Crippen molar-refractivity contribution in [3.05, 3.63) is 0 Å². The molecule has 15 heavy (non-hydrogen) atoms. The second kappa shape index (κ2) is 4.39. The number of carbonyl (C=O) groups is 1. The van der Waals surface area contributed by atoms with Gasteiger partial charge in [0.25, 0.3) is 0 Å². The van der Waals surface area contributed by atoms with Crippen molar-refractivity contribution in [3.8, 4) is 0 Å². The van der Waals surface area contributed by atoms with Gasteiger partial charge < -0.3 is 14.7 Å². The van der Waals surface area contributed by atoms with Crippen LogP contribution in [0.4, 0.5) is 4.79 Å². The summed E-state index contributed by atoms with van der Waals surface area (Å²) in [5.41, 5.74) is -0.473. The Morgan fingerprint density at radius 1 is 1.47 bits per heavy atom. The zero-order valence-electron chi connectivity index (χ0n) is 9.99. The first-order chi connectivity index (χ1) is 6.85. The van der Waals surface area contributed by atoms with Crippen molar-refractivity contribution < 1.29 is 14.6 Å². The van der Waals surface area contributed by atoms with Crippen LogP contribution in [-0.2, 0) is 4.74 Å². The van der Waals surface area contributed by atoms with Crippen LogP contribution in [0.5, 0.6) is 0 Å². The maximum Gasteiger partial charge on any atom is 0.410 e. The van der Waals surface area contributed by atoms with E-state index in [2.05, 4.69) is 0 Å². The maximum absolute atomic E-state index is 11.8. The molecule has 1 amide bonds. The number of carbonyl (C=O) groups excluding carboxylic acids is 1. The van der Waals surface area contributed by atoms with Crippen molar-refractivity contribution in [3.63, 3.8) is 0 Å². The highest BCUT2D eigenvalue weighted by atomic mass is 16.6. The fourth-order valence-corrected chi connectivity index (χ4v) is 1.89. The van der Waals surface area contributed by atoms with E-state index < -0.39 is 5.60 Å². The first-order valence-corrected chi connectivity index (χ1v) is 5.47. The molecule has 1 saturated heterocycles. The van der Waals surface area contributed by atoms with Crippen LogP contribution in [0.15, 0.2) is 0 Å². The smallest absolute Gasteiger partial charge is 0.410 e. The lowest BCUT2D eigenvalue weighted by Crippen LogP contribution is -2.44. The van der Waals surface area contributed by atoms with Crippen molar-refractivity contribution in [1.29, 1.82) is 0 Å². The third-order valence-corrected chi connectivity index (χ3v) is 2.60. The van der Waals surface area contributed by atoms with Crippen LogP contribution in [0.1, 0.15) is 40.5 Å². The Balaban J connectivity index is 2.64. The first kappa shape index (κ1) is 12.3. The fourth-order valence-electron chi connectivity index (χ4n) is 1.89. The topological polar surface area (TPSA) is 49.8 Å². The lowest BCUT2D eigenvalue weighted by molar-refractivity contribution is 0.0105. The molecule has 1 unspecified atom stereocenters. The number of aliphatic hydroxyl groups excluding tert-OH is 1. The Hall–Kier alpha value is -0.770. The predicted octanol–water partition coefficient (Wildman–Crippen LogP) is 1.77. The average Bonchev–Trinajstić information content (AvgIpc) is 2.43. The summed E-state index contributed by atoms with van der Waals surface area (Å²) in [4.78, 5) is 13.5. The number of ether oxygens (including phenoxy) is 1. The summed E-state index contributed by atoms with van der Waals surface area (Å²) >= 11 is 0. The Labute approximate surface area is 91.2 Å². The van der Waals surface area contributed by atoms with Crippen molar-refractivity contribution in [2.75, 3.05) is 6.61 Å². The second-order valence-electron chi connectivity index (χ2n) is 5.15. The van der Waals surface area contributed by atoms with E-state index in [4.69, 9.17) is 9.84 Å². The van der Waals surface area contributed by atoms with Gasteiger partial charge >= 0.3 is 6.09 Å². The number of nitrogens with zero attached hydrogens (tertiary/aromatic N) is 1. The molecule has 0 aromatic heterocycles. The number of rotatable bonds is 1. The van der Waals surface area contributed by atoms with E-state index in [1.54, 1.807) is 4.90 Å². The van der Waals surface area contributed by atoms with E-state index in [0.717, 1.165) is 12.8 Å². The molecular formula is C11H21NO3. The number of amides is 1. The molecule has 0 spiro atoms. The molecule has 4 nitrogen and oxygen atoms in total. The Morgan fingerprint density at radius 3 is 2.53 bits per heavy atom. The van der Waals surface area contributed by atoms with Gasteiger partial charge in [0.05, 0.1) is 12.6 Å². The number of aliphatic hydroxyl groups is 1. The molecule has 4 heteroatoms. The van der Waals surface area contributed by atoms with Crippen LogP contribution >= 0.6 is 0 Å². The minimum atomic E-state index is -0.473. The highest BCUT2D eigenvalue weighted by molar-refractivity contribution is 5.69. The predicted molar refractivity (Wildman–Crippen MR) is 57.6 cm³/mol. The minimum Gasteiger partial charge on any atom is -0.444 e. The molecule has 0 aromatic rings. The van der Waals surface area contributed by atoms with Crippen molar-refractivity contribution in [2.24, 2.45) is 0 Å². The summed E-state index contributed by atoms with van der Waals surface area (Å²) in [7, 11) is 0. The van der Waals surface area contributed by atoms with Gasteiger partial charge in [-0.2, -0.15) is 0 Å². The summed E-state index contributed by atoms with van der Waals surface area (Å²) in [6.07, 6.45) is 1.48. The summed E-state index contributed by atoms with van der Waals surface area (Å²) in [6.45, 7) is 7.54. The Morgan fingerprint density at radius 2 is 2.07 bits per heavy atom. The third-order valence-electron chi connectivity index (χ3n) is 2.60.